The Labute approximate surface area is 112 Å². The summed E-state index contributed by atoms with van der Waals surface area (Å²) in [6, 6.07) is 8.53. The molecule has 0 spiro atoms. The van der Waals surface area contributed by atoms with Crippen molar-refractivity contribution in [2.75, 3.05) is 6.54 Å². The van der Waals surface area contributed by atoms with Gasteiger partial charge in [-0.3, -0.25) is 0 Å². The van der Waals surface area contributed by atoms with E-state index in [1.54, 1.807) is 0 Å². The second-order valence-corrected chi connectivity index (χ2v) is 4.74. The van der Waals surface area contributed by atoms with Gasteiger partial charge in [0, 0.05) is 36.0 Å². The first kappa shape index (κ1) is 12.0. The summed E-state index contributed by atoms with van der Waals surface area (Å²) < 4.78 is 4.39. The summed E-state index contributed by atoms with van der Waals surface area (Å²) in [5, 5.41) is 1.31. The highest BCUT2D eigenvalue weighted by atomic mass is 15.0. The Bertz CT molecular complexity index is 652. The van der Waals surface area contributed by atoms with Gasteiger partial charge < -0.3 is 14.9 Å². The van der Waals surface area contributed by atoms with Crippen LogP contribution in [0.4, 0.5) is 0 Å². The standard InChI is InChI=1S/C15H18N4/c16-6-3-8-19-11-13(10-18-9-7-17-12-18)14-4-1-2-5-15(14)19/h1-2,4-5,7,9,11-12H,3,6,8,10,16H2. The Morgan fingerprint density at radius 3 is 2.89 bits per heavy atom. The third-order valence-corrected chi connectivity index (χ3v) is 3.39. The van der Waals surface area contributed by atoms with E-state index in [0.717, 1.165) is 26.1 Å². The number of benzene rings is 1. The normalized spacial score (nSPS) is 11.2. The predicted octanol–water partition coefficient (Wildman–Crippen LogP) is 2.23. The molecule has 0 radical (unpaired) electrons. The number of imidazole rings is 1. The first-order chi connectivity index (χ1) is 9.38. The van der Waals surface area contributed by atoms with Gasteiger partial charge in [-0.2, -0.15) is 0 Å². The number of aromatic nitrogens is 3. The molecule has 0 unspecified atom stereocenters. The van der Waals surface area contributed by atoms with Crippen LogP contribution in [0.5, 0.6) is 0 Å². The number of hydrogen-bond acceptors (Lipinski definition) is 2. The fourth-order valence-corrected chi connectivity index (χ4v) is 2.47. The summed E-state index contributed by atoms with van der Waals surface area (Å²) >= 11 is 0. The van der Waals surface area contributed by atoms with Gasteiger partial charge in [-0.1, -0.05) is 18.2 Å². The topological polar surface area (TPSA) is 48.8 Å². The average Bonchev–Trinajstić information content (AvgIpc) is 3.06. The van der Waals surface area contributed by atoms with E-state index in [-0.39, 0.29) is 0 Å². The van der Waals surface area contributed by atoms with Gasteiger partial charge in [-0.05, 0) is 24.6 Å². The van der Waals surface area contributed by atoms with Gasteiger partial charge in [0.05, 0.1) is 12.9 Å². The molecule has 0 saturated heterocycles. The second-order valence-electron chi connectivity index (χ2n) is 4.74. The molecule has 3 rings (SSSR count). The SMILES string of the molecule is NCCCn1cc(Cn2ccnc2)c2ccccc21. The summed E-state index contributed by atoms with van der Waals surface area (Å²) in [6.45, 7) is 2.56. The third-order valence-electron chi connectivity index (χ3n) is 3.39. The van der Waals surface area contributed by atoms with Crippen LogP contribution in [0.25, 0.3) is 10.9 Å². The maximum absolute atomic E-state index is 5.61. The van der Waals surface area contributed by atoms with E-state index in [0.29, 0.717) is 0 Å². The van der Waals surface area contributed by atoms with Crippen LogP contribution in [0.3, 0.4) is 0 Å². The van der Waals surface area contributed by atoms with Crippen LogP contribution in [0, 0.1) is 0 Å². The number of rotatable bonds is 5. The molecule has 2 N–H and O–H groups in total. The molecule has 0 saturated carbocycles. The minimum absolute atomic E-state index is 0.726. The molecule has 0 aliphatic heterocycles. The van der Waals surface area contributed by atoms with Crippen molar-refractivity contribution in [3.63, 3.8) is 0 Å². The van der Waals surface area contributed by atoms with E-state index in [2.05, 4.69) is 44.6 Å². The van der Waals surface area contributed by atoms with Crippen LogP contribution in [-0.2, 0) is 13.1 Å². The maximum atomic E-state index is 5.61. The monoisotopic (exact) mass is 254 g/mol. The number of para-hydroxylation sites is 1. The van der Waals surface area contributed by atoms with Crippen molar-refractivity contribution < 1.29 is 0 Å². The minimum Gasteiger partial charge on any atom is -0.347 e. The van der Waals surface area contributed by atoms with E-state index in [9.17, 15) is 0 Å². The van der Waals surface area contributed by atoms with Crippen molar-refractivity contribution in [1.82, 2.24) is 14.1 Å². The van der Waals surface area contributed by atoms with Crippen LogP contribution in [-0.4, -0.2) is 20.7 Å². The van der Waals surface area contributed by atoms with Crippen LogP contribution in [0.1, 0.15) is 12.0 Å². The third kappa shape index (κ3) is 2.39. The van der Waals surface area contributed by atoms with Gasteiger partial charge in [-0.25, -0.2) is 4.98 Å². The van der Waals surface area contributed by atoms with Crippen molar-refractivity contribution >= 4 is 10.9 Å². The molecule has 4 nitrogen and oxygen atoms in total. The van der Waals surface area contributed by atoms with Crippen molar-refractivity contribution in [3.05, 3.63) is 54.7 Å². The Morgan fingerprint density at radius 1 is 1.21 bits per heavy atom. The first-order valence-corrected chi connectivity index (χ1v) is 6.61. The number of nitrogens with zero attached hydrogens (tertiary/aromatic N) is 3. The van der Waals surface area contributed by atoms with Gasteiger partial charge in [-0.15, -0.1) is 0 Å². The maximum Gasteiger partial charge on any atom is 0.0949 e. The van der Waals surface area contributed by atoms with Crippen molar-refractivity contribution in [2.24, 2.45) is 5.73 Å². The Morgan fingerprint density at radius 2 is 2.11 bits per heavy atom. The molecule has 0 aliphatic carbocycles. The number of aryl methyl sites for hydroxylation is 1. The van der Waals surface area contributed by atoms with Crippen molar-refractivity contribution in [3.8, 4) is 0 Å². The minimum atomic E-state index is 0.726. The fourth-order valence-electron chi connectivity index (χ4n) is 2.47. The summed E-state index contributed by atoms with van der Waals surface area (Å²) in [7, 11) is 0. The van der Waals surface area contributed by atoms with Crippen molar-refractivity contribution in [2.45, 2.75) is 19.5 Å². The molecule has 3 aromatic rings. The fraction of sp³-hybridized carbons (Fsp3) is 0.267. The van der Waals surface area contributed by atoms with Crippen molar-refractivity contribution in [1.29, 1.82) is 0 Å². The lowest BCUT2D eigenvalue weighted by molar-refractivity contribution is 0.666. The predicted molar refractivity (Wildman–Crippen MR) is 76.9 cm³/mol. The van der Waals surface area contributed by atoms with Gasteiger partial charge in [0.15, 0.2) is 0 Å². The molecule has 19 heavy (non-hydrogen) atoms. The number of fused-ring (bicyclic) bond motifs is 1. The van der Waals surface area contributed by atoms with Crippen LogP contribution in [0.2, 0.25) is 0 Å². The largest absolute Gasteiger partial charge is 0.347 e. The molecular weight excluding hydrogens is 236 g/mol. The quantitative estimate of drug-likeness (QED) is 0.759. The summed E-state index contributed by atoms with van der Waals surface area (Å²) in [6.07, 6.45) is 8.90. The average molecular weight is 254 g/mol. The lowest BCUT2D eigenvalue weighted by Gasteiger charge is -2.02. The summed E-state index contributed by atoms with van der Waals surface area (Å²) in [5.74, 6) is 0. The van der Waals surface area contributed by atoms with E-state index in [4.69, 9.17) is 5.73 Å². The molecule has 4 heteroatoms. The Kier molecular flexibility index (Phi) is 3.33. The van der Waals surface area contributed by atoms with E-state index in [1.807, 2.05) is 18.7 Å². The molecular formula is C15H18N4. The van der Waals surface area contributed by atoms with Crippen LogP contribution >= 0.6 is 0 Å². The van der Waals surface area contributed by atoms with Gasteiger partial charge in [0.1, 0.15) is 0 Å². The summed E-state index contributed by atoms with van der Waals surface area (Å²) in [4.78, 5) is 4.09. The highest BCUT2D eigenvalue weighted by molar-refractivity contribution is 5.83. The molecule has 2 heterocycles. The molecule has 98 valence electrons. The molecule has 1 aromatic carbocycles. The lowest BCUT2D eigenvalue weighted by atomic mass is 10.2. The zero-order chi connectivity index (χ0) is 13.1. The van der Waals surface area contributed by atoms with Gasteiger partial charge >= 0.3 is 0 Å². The molecule has 0 bridgehead atoms. The number of hydrogen-bond donors (Lipinski definition) is 1. The smallest absolute Gasteiger partial charge is 0.0949 e. The van der Waals surface area contributed by atoms with Crippen LogP contribution < -0.4 is 5.73 Å². The zero-order valence-electron chi connectivity index (χ0n) is 10.9. The molecule has 0 amide bonds. The molecule has 0 aliphatic rings. The highest BCUT2D eigenvalue weighted by Crippen LogP contribution is 2.22. The van der Waals surface area contributed by atoms with E-state index in [1.165, 1.54) is 16.5 Å². The molecule has 0 fully saturated rings. The van der Waals surface area contributed by atoms with Gasteiger partial charge in [0.25, 0.3) is 0 Å². The Balaban J connectivity index is 1.99. The van der Waals surface area contributed by atoms with Gasteiger partial charge in [0.2, 0.25) is 0 Å². The number of nitrogens with two attached hydrogens (primary N) is 1. The molecule has 0 atom stereocenters. The van der Waals surface area contributed by atoms with E-state index < -0.39 is 0 Å². The Hall–Kier alpha value is -2.07. The second kappa shape index (κ2) is 5.28. The highest BCUT2D eigenvalue weighted by Gasteiger charge is 2.07. The first-order valence-electron chi connectivity index (χ1n) is 6.61. The summed E-state index contributed by atoms with van der Waals surface area (Å²) in [5.41, 5.74) is 8.22. The van der Waals surface area contributed by atoms with Crippen LogP contribution in [0.15, 0.2) is 49.2 Å². The van der Waals surface area contributed by atoms with E-state index >= 15 is 0 Å². The lowest BCUT2D eigenvalue weighted by Crippen LogP contribution is -2.04. The zero-order valence-corrected chi connectivity index (χ0v) is 10.9. The molecule has 2 aromatic heterocycles.